The van der Waals surface area contributed by atoms with Gasteiger partial charge in [-0.1, -0.05) is 27.7 Å². The Kier molecular flexibility index (Phi) is 11.5. The van der Waals surface area contributed by atoms with Gasteiger partial charge in [-0.15, -0.1) is 0 Å². The quantitative estimate of drug-likeness (QED) is 0.616. The number of nitrogens with one attached hydrogen (secondary N) is 1. The van der Waals surface area contributed by atoms with E-state index in [1.807, 2.05) is 0 Å². The van der Waals surface area contributed by atoms with E-state index in [1.165, 1.54) is 17.9 Å². The lowest BCUT2D eigenvalue weighted by molar-refractivity contribution is 0.172. The second kappa shape index (κ2) is 11.4. The number of ether oxygens (including phenoxy) is 1. The van der Waals surface area contributed by atoms with Crippen LogP contribution in [0.5, 0.6) is 0 Å². The molecule has 0 spiro atoms. The van der Waals surface area contributed by atoms with Crippen molar-refractivity contribution in [1.82, 2.24) is 5.32 Å². The number of thioether (sulfide) groups is 1. The minimum absolute atomic E-state index is 0.633. The summed E-state index contributed by atoms with van der Waals surface area (Å²) < 4.78 is 5.18. The average Bonchev–Trinajstić information content (AvgIpc) is 2.30. The highest BCUT2D eigenvalue weighted by Gasteiger charge is 2.16. The molecule has 3 heteroatoms. The second-order valence-electron chi connectivity index (χ2n) is 5.25. The third-order valence-corrected chi connectivity index (χ3v) is 4.37. The molecule has 0 heterocycles. The summed E-state index contributed by atoms with van der Waals surface area (Å²) in [5.41, 5.74) is 0. The third-order valence-electron chi connectivity index (χ3n) is 2.87. The SMILES string of the molecule is CCCNC(CSCC(C)C)C(C)CCOC. The molecule has 0 aromatic carbocycles. The molecule has 0 bridgehead atoms. The maximum absolute atomic E-state index is 5.18. The lowest BCUT2D eigenvalue weighted by Gasteiger charge is -2.25. The Labute approximate surface area is 112 Å². The summed E-state index contributed by atoms with van der Waals surface area (Å²) in [5.74, 6) is 3.98. The Hall–Kier alpha value is 0.270. The molecular formula is C14H31NOS. The largest absolute Gasteiger partial charge is 0.385 e. The van der Waals surface area contributed by atoms with Gasteiger partial charge in [-0.2, -0.15) is 11.8 Å². The normalized spacial score (nSPS) is 15.2. The number of methoxy groups -OCH3 is 1. The monoisotopic (exact) mass is 261 g/mol. The van der Waals surface area contributed by atoms with Crippen molar-refractivity contribution in [3.05, 3.63) is 0 Å². The molecule has 0 aliphatic heterocycles. The minimum atomic E-state index is 0.633. The highest BCUT2D eigenvalue weighted by molar-refractivity contribution is 7.99. The Morgan fingerprint density at radius 2 is 1.88 bits per heavy atom. The third kappa shape index (κ3) is 9.93. The molecule has 0 aromatic rings. The van der Waals surface area contributed by atoms with E-state index in [0.29, 0.717) is 12.0 Å². The lowest BCUT2D eigenvalue weighted by atomic mass is 10.00. The van der Waals surface area contributed by atoms with Crippen LogP contribution in [0.15, 0.2) is 0 Å². The van der Waals surface area contributed by atoms with Crippen LogP contribution in [-0.4, -0.2) is 37.8 Å². The summed E-state index contributed by atoms with van der Waals surface area (Å²) in [6.45, 7) is 11.1. The van der Waals surface area contributed by atoms with E-state index < -0.39 is 0 Å². The zero-order valence-electron chi connectivity index (χ0n) is 12.3. The average molecular weight is 261 g/mol. The predicted molar refractivity (Wildman–Crippen MR) is 79.9 cm³/mol. The Bertz CT molecular complexity index is 164. The van der Waals surface area contributed by atoms with Gasteiger partial charge in [-0.3, -0.25) is 0 Å². The van der Waals surface area contributed by atoms with Crippen molar-refractivity contribution < 1.29 is 4.74 Å². The van der Waals surface area contributed by atoms with E-state index in [2.05, 4.69) is 44.8 Å². The molecule has 2 nitrogen and oxygen atoms in total. The highest BCUT2D eigenvalue weighted by Crippen LogP contribution is 2.16. The molecule has 0 rings (SSSR count). The van der Waals surface area contributed by atoms with Crippen molar-refractivity contribution in [2.45, 2.75) is 46.6 Å². The van der Waals surface area contributed by atoms with E-state index in [1.54, 1.807) is 7.11 Å². The van der Waals surface area contributed by atoms with Gasteiger partial charge < -0.3 is 10.1 Å². The fraction of sp³-hybridized carbons (Fsp3) is 1.00. The van der Waals surface area contributed by atoms with Gasteiger partial charge in [-0.25, -0.2) is 0 Å². The molecule has 2 atom stereocenters. The molecule has 0 aromatic heterocycles. The minimum Gasteiger partial charge on any atom is -0.385 e. The summed E-state index contributed by atoms with van der Waals surface area (Å²) in [7, 11) is 1.79. The van der Waals surface area contributed by atoms with Crippen LogP contribution < -0.4 is 5.32 Å². The number of rotatable bonds is 11. The molecule has 0 saturated heterocycles. The van der Waals surface area contributed by atoms with Crippen molar-refractivity contribution in [1.29, 1.82) is 0 Å². The van der Waals surface area contributed by atoms with Gasteiger partial charge in [0.15, 0.2) is 0 Å². The number of hydrogen-bond donors (Lipinski definition) is 1. The van der Waals surface area contributed by atoms with E-state index >= 15 is 0 Å². The zero-order chi connectivity index (χ0) is 13.1. The first-order valence-corrected chi connectivity index (χ1v) is 8.07. The van der Waals surface area contributed by atoms with E-state index in [-0.39, 0.29) is 0 Å². The van der Waals surface area contributed by atoms with E-state index in [4.69, 9.17) is 4.74 Å². The van der Waals surface area contributed by atoms with Crippen molar-refractivity contribution in [3.8, 4) is 0 Å². The lowest BCUT2D eigenvalue weighted by Crippen LogP contribution is -2.38. The van der Waals surface area contributed by atoms with Crippen LogP contribution in [0.1, 0.15) is 40.5 Å². The first-order valence-electron chi connectivity index (χ1n) is 6.91. The molecule has 17 heavy (non-hydrogen) atoms. The van der Waals surface area contributed by atoms with Gasteiger partial charge in [0.25, 0.3) is 0 Å². The summed E-state index contributed by atoms with van der Waals surface area (Å²) in [6.07, 6.45) is 2.36. The van der Waals surface area contributed by atoms with Crippen LogP contribution in [0.25, 0.3) is 0 Å². The topological polar surface area (TPSA) is 21.3 Å². The standard InChI is InChI=1S/C14H31NOS/c1-6-8-15-14(11-17-10-12(2)3)13(4)7-9-16-5/h12-15H,6-11H2,1-5H3. The second-order valence-corrected chi connectivity index (χ2v) is 6.33. The van der Waals surface area contributed by atoms with Crippen LogP contribution in [0.4, 0.5) is 0 Å². The smallest absolute Gasteiger partial charge is 0.0465 e. The molecule has 0 amide bonds. The van der Waals surface area contributed by atoms with Gasteiger partial charge in [0.05, 0.1) is 0 Å². The summed E-state index contributed by atoms with van der Waals surface area (Å²) >= 11 is 2.08. The fourth-order valence-electron chi connectivity index (χ4n) is 1.69. The maximum atomic E-state index is 5.18. The van der Waals surface area contributed by atoms with Gasteiger partial charge in [-0.05, 0) is 37.0 Å². The molecule has 0 radical (unpaired) electrons. The molecule has 0 fully saturated rings. The Morgan fingerprint density at radius 1 is 1.18 bits per heavy atom. The summed E-state index contributed by atoms with van der Waals surface area (Å²) in [5, 5.41) is 3.68. The summed E-state index contributed by atoms with van der Waals surface area (Å²) in [6, 6.07) is 0.633. The first kappa shape index (κ1) is 17.3. The van der Waals surface area contributed by atoms with Gasteiger partial charge in [0.2, 0.25) is 0 Å². The van der Waals surface area contributed by atoms with Crippen LogP contribution in [0.3, 0.4) is 0 Å². The molecule has 2 unspecified atom stereocenters. The maximum Gasteiger partial charge on any atom is 0.0465 e. The van der Waals surface area contributed by atoms with Crippen LogP contribution >= 0.6 is 11.8 Å². The zero-order valence-corrected chi connectivity index (χ0v) is 13.1. The number of hydrogen-bond acceptors (Lipinski definition) is 3. The van der Waals surface area contributed by atoms with Crippen LogP contribution in [-0.2, 0) is 4.74 Å². The van der Waals surface area contributed by atoms with Crippen molar-refractivity contribution in [3.63, 3.8) is 0 Å². The predicted octanol–water partition coefficient (Wildman–Crippen LogP) is 3.42. The van der Waals surface area contributed by atoms with Gasteiger partial charge >= 0.3 is 0 Å². The molecule has 0 aliphatic rings. The molecule has 0 saturated carbocycles. The first-order chi connectivity index (χ1) is 8.11. The summed E-state index contributed by atoms with van der Waals surface area (Å²) in [4.78, 5) is 0. The van der Waals surface area contributed by atoms with E-state index in [9.17, 15) is 0 Å². The van der Waals surface area contributed by atoms with E-state index in [0.717, 1.165) is 25.5 Å². The Balaban J connectivity index is 3.93. The molecule has 104 valence electrons. The van der Waals surface area contributed by atoms with Crippen molar-refractivity contribution in [2.24, 2.45) is 11.8 Å². The molecular weight excluding hydrogens is 230 g/mol. The van der Waals surface area contributed by atoms with Crippen molar-refractivity contribution in [2.75, 3.05) is 31.8 Å². The Morgan fingerprint density at radius 3 is 2.41 bits per heavy atom. The molecule has 0 aliphatic carbocycles. The van der Waals surface area contributed by atoms with Crippen LogP contribution in [0, 0.1) is 11.8 Å². The van der Waals surface area contributed by atoms with Gasteiger partial charge in [0.1, 0.15) is 0 Å². The molecule has 1 N–H and O–H groups in total. The van der Waals surface area contributed by atoms with Crippen molar-refractivity contribution >= 4 is 11.8 Å². The fourth-order valence-corrected chi connectivity index (χ4v) is 3.00. The van der Waals surface area contributed by atoms with Gasteiger partial charge in [0, 0.05) is 25.5 Å². The van der Waals surface area contributed by atoms with Crippen LogP contribution in [0.2, 0.25) is 0 Å². The highest BCUT2D eigenvalue weighted by atomic mass is 32.2.